The standard InChI is InChI=1S/C23H22Cl2N2O4/c1-14-12-18(15(2)27(14)11-10-16-4-6-17(30-3)7-5-16)20(28)13-31-23(29)22-19(24)8-9-21(25)26-22/h4-9,12H,10-11,13H2,1-3H3. The topological polar surface area (TPSA) is 70.4 Å². The Bertz CT molecular complexity index is 1110. The van der Waals surface area contributed by atoms with Gasteiger partial charge in [0.15, 0.2) is 12.3 Å². The average Bonchev–Trinajstić information content (AvgIpc) is 3.05. The van der Waals surface area contributed by atoms with Crippen LogP contribution in [0.2, 0.25) is 10.2 Å². The van der Waals surface area contributed by atoms with Gasteiger partial charge in [0.1, 0.15) is 10.9 Å². The van der Waals surface area contributed by atoms with E-state index in [0.29, 0.717) is 5.56 Å². The molecule has 31 heavy (non-hydrogen) atoms. The third kappa shape index (κ3) is 5.46. The van der Waals surface area contributed by atoms with E-state index in [4.69, 9.17) is 32.7 Å². The van der Waals surface area contributed by atoms with Crippen LogP contribution in [0.15, 0.2) is 42.5 Å². The number of rotatable bonds is 8. The van der Waals surface area contributed by atoms with Crippen LogP contribution in [-0.4, -0.2) is 35.0 Å². The van der Waals surface area contributed by atoms with Crippen LogP contribution in [0.5, 0.6) is 5.75 Å². The van der Waals surface area contributed by atoms with Crippen molar-refractivity contribution < 1.29 is 19.1 Å². The van der Waals surface area contributed by atoms with Crippen LogP contribution in [-0.2, 0) is 17.7 Å². The number of aromatic nitrogens is 2. The molecule has 0 saturated carbocycles. The van der Waals surface area contributed by atoms with Crippen LogP contribution < -0.4 is 4.74 Å². The summed E-state index contributed by atoms with van der Waals surface area (Å²) in [4.78, 5) is 28.8. The number of pyridine rings is 1. The van der Waals surface area contributed by atoms with Crippen LogP contribution in [0.3, 0.4) is 0 Å². The molecule has 162 valence electrons. The maximum absolute atomic E-state index is 12.7. The zero-order valence-electron chi connectivity index (χ0n) is 17.4. The molecule has 0 amide bonds. The first kappa shape index (κ1) is 22.8. The fourth-order valence-electron chi connectivity index (χ4n) is 3.30. The maximum Gasteiger partial charge on any atom is 0.359 e. The van der Waals surface area contributed by atoms with Gasteiger partial charge in [0.05, 0.1) is 12.1 Å². The number of aryl methyl sites for hydroxylation is 2. The first-order valence-electron chi connectivity index (χ1n) is 9.62. The van der Waals surface area contributed by atoms with Crippen molar-refractivity contribution in [2.24, 2.45) is 0 Å². The van der Waals surface area contributed by atoms with Crippen molar-refractivity contribution in [2.75, 3.05) is 13.7 Å². The molecule has 8 heteroatoms. The molecule has 0 unspecified atom stereocenters. The van der Waals surface area contributed by atoms with Gasteiger partial charge in [-0.3, -0.25) is 4.79 Å². The molecule has 2 heterocycles. The number of nitrogens with zero attached hydrogens (tertiary/aromatic N) is 2. The minimum Gasteiger partial charge on any atom is -0.497 e. The second-order valence-corrected chi connectivity index (χ2v) is 7.79. The summed E-state index contributed by atoms with van der Waals surface area (Å²) in [5.41, 5.74) is 3.35. The lowest BCUT2D eigenvalue weighted by Gasteiger charge is -2.10. The first-order chi connectivity index (χ1) is 14.8. The number of esters is 1. The number of halogens is 2. The summed E-state index contributed by atoms with van der Waals surface area (Å²) in [5, 5.41) is 0.224. The number of ketones is 1. The van der Waals surface area contributed by atoms with Gasteiger partial charge in [-0.2, -0.15) is 0 Å². The second kappa shape index (κ2) is 9.98. The van der Waals surface area contributed by atoms with E-state index in [2.05, 4.69) is 9.55 Å². The van der Waals surface area contributed by atoms with E-state index in [1.807, 2.05) is 44.2 Å². The largest absolute Gasteiger partial charge is 0.497 e. The van der Waals surface area contributed by atoms with Gasteiger partial charge < -0.3 is 14.0 Å². The van der Waals surface area contributed by atoms with Gasteiger partial charge in [0, 0.05) is 23.5 Å². The quantitative estimate of drug-likeness (QED) is 0.265. The van der Waals surface area contributed by atoms with Gasteiger partial charge in [0.2, 0.25) is 5.78 Å². The van der Waals surface area contributed by atoms with E-state index in [0.717, 1.165) is 30.1 Å². The Labute approximate surface area is 190 Å². The summed E-state index contributed by atoms with van der Waals surface area (Å²) < 4.78 is 12.4. The van der Waals surface area contributed by atoms with Crippen LogP contribution in [0.1, 0.15) is 37.8 Å². The highest BCUT2D eigenvalue weighted by atomic mass is 35.5. The molecule has 0 aliphatic carbocycles. The minimum absolute atomic E-state index is 0.110. The molecule has 0 bridgehead atoms. The van der Waals surface area contributed by atoms with Crippen LogP contribution >= 0.6 is 23.2 Å². The number of Topliss-reactive ketones (excluding diaryl/α,β-unsaturated/α-hetero) is 1. The Balaban J connectivity index is 1.65. The fraction of sp³-hybridized carbons (Fsp3) is 0.261. The maximum atomic E-state index is 12.7. The fourth-order valence-corrected chi connectivity index (χ4v) is 3.63. The SMILES string of the molecule is COc1ccc(CCn2c(C)cc(C(=O)COC(=O)c3nc(Cl)ccc3Cl)c2C)cc1. The Morgan fingerprint density at radius 3 is 2.45 bits per heavy atom. The van der Waals surface area contributed by atoms with Gasteiger partial charge in [-0.05, 0) is 56.2 Å². The summed E-state index contributed by atoms with van der Waals surface area (Å²) in [6.45, 7) is 4.14. The first-order valence-corrected chi connectivity index (χ1v) is 10.4. The van der Waals surface area contributed by atoms with Crippen LogP contribution in [0.4, 0.5) is 0 Å². The molecule has 0 N–H and O–H groups in total. The molecule has 0 saturated heterocycles. The van der Waals surface area contributed by atoms with Gasteiger partial charge in [0.25, 0.3) is 0 Å². The summed E-state index contributed by atoms with van der Waals surface area (Å²) in [7, 11) is 1.64. The highest BCUT2D eigenvalue weighted by molar-refractivity contribution is 6.34. The number of benzene rings is 1. The molecule has 0 radical (unpaired) electrons. The van der Waals surface area contributed by atoms with E-state index in [1.165, 1.54) is 17.7 Å². The molecule has 3 aromatic rings. The van der Waals surface area contributed by atoms with Crippen molar-refractivity contribution in [1.82, 2.24) is 9.55 Å². The highest BCUT2D eigenvalue weighted by Crippen LogP contribution is 2.20. The zero-order valence-corrected chi connectivity index (χ0v) is 19.0. The number of carbonyl (C=O) groups is 2. The second-order valence-electron chi connectivity index (χ2n) is 7.00. The summed E-state index contributed by atoms with van der Waals surface area (Å²) in [5.74, 6) is -0.279. The van der Waals surface area contributed by atoms with Crippen molar-refractivity contribution in [2.45, 2.75) is 26.8 Å². The van der Waals surface area contributed by atoms with Crippen molar-refractivity contribution in [3.8, 4) is 5.75 Å². The normalized spacial score (nSPS) is 10.7. The van der Waals surface area contributed by atoms with Crippen molar-refractivity contribution in [3.63, 3.8) is 0 Å². The Hall–Kier alpha value is -2.83. The lowest BCUT2D eigenvalue weighted by atomic mass is 10.1. The molecule has 3 rings (SSSR count). The van der Waals surface area contributed by atoms with Crippen LogP contribution in [0.25, 0.3) is 0 Å². The lowest BCUT2D eigenvalue weighted by Crippen LogP contribution is -2.16. The van der Waals surface area contributed by atoms with Gasteiger partial charge in [-0.15, -0.1) is 0 Å². The van der Waals surface area contributed by atoms with Crippen LogP contribution in [0, 0.1) is 13.8 Å². The monoisotopic (exact) mass is 460 g/mol. The third-order valence-electron chi connectivity index (χ3n) is 5.00. The van der Waals surface area contributed by atoms with Crippen molar-refractivity contribution in [3.05, 3.63) is 80.8 Å². The number of hydrogen-bond donors (Lipinski definition) is 0. The minimum atomic E-state index is -0.797. The van der Waals surface area contributed by atoms with Crippen molar-refractivity contribution in [1.29, 1.82) is 0 Å². The summed E-state index contributed by atoms with van der Waals surface area (Å²) in [6, 6.07) is 12.6. The predicted octanol–water partition coefficient (Wildman–Crippen LogP) is 5.10. The molecule has 0 atom stereocenters. The van der Waals surface area contributed by atoms with Gasteiger partial charge in [-0.1, -0.05) is 35.3 Å². The van der Waals surface area contributed by atoms with E-state index in [-0.39, 0.29) is 21.7 Å². The number of carbonyl (C=O) groups excluding carboxylic acids is 2. The molecule has 6 nitrogen and oxygen atoms in total. The summed E-state index contributed by atoms with van der Waals surface area (Å²) in [6.07, 6.45) is 0.807. The Morgan fingerprint density at radius 1 is 1.06 bits per heavy atom. The Morgan fingerprint density at radius 2 is 1.77 bits per heavy atom. The average molecular weight is 461 g/mol. The molecule has 0 aliphatic heterocycles. The molecule has 1 aromatic carbocycles. The number of methoxy groups -OCH3 is 1. The van der Waals surface area contributed by atoms with E-state index < -0.39 is 12.6 Å². The zero-order chi connectivity index (χ0) is 22.5. The van der Waals surface area contributed by atoms with Crippen molar-refractivity contribution >= 4 is 35.0 Å². The summed E-state index contributed by atoms with van der Waals surface area (Å²) >= 11 is 11.8. The molecule has 2 aromatic heterocycles. The van der Waals surface area contributed by atoms with E-state index >= 15 is 0 Å². The molecular weight excluding hydrogens is 439 g/mol. The molecule has 0 aliphatic rings. The highest BCUT2D eigenvalue weighted by Gasteiger charge is 2.20. The predicted molar refractivity (Wildman–Crippen MR) is 119 cm³/mol. The molecule has 0 fully saturated rings. The Kier molecular flexibility index (Phi) is 7.36. The molecular formula is C23H22Cl2N2O4. The lowest BCUT2D eigenvalue weighted by molar-refractivity contribution is 0.0469. The van der Waals surface area contributed by atoms with E-state index in [9.17, 15) is 9.59 Å². The van der Waals surface area contributed by atoms with Gasteiger partial charge in [-0.25, -0.2) is 9.78 Å². The number of hydrogen-bond acceptors (Lipinski definition) is 5. The smallest absolute Gasteiger partial charge is 0.359 e. The van der Waals surface area contributed by atoms with E-state index in [1.54, 1.807) is 7.11 Å². The number of ether oxygens (including phenoxy) is 2. The molecule has 0 spiro atoms. The third-order valence-corrected chi connectivity index (χ3v) is 5.51. The van der Waals surface area contributed by atoms with Gasteiger partial charge >= 0.3 is 5.97 Å².